The van der Waals surface area contributed by atoms with Crippen molar-refractivity contribution in [2.75, 3.05) is 18.6 Å². The number of carbonyl (C=O) groups excluding carboxylic acids is 1. The van der Waals surface area contributed by atoms with Crippen LogP contribution in [0.1, 0.15) is 18.1 Å². The number of hydrogen-bond donors (Lipinski definition) is 0. The van der Waals surface area contributed by atoms with Crippen molar-refractivity contribution in [2.24, 2.45) is 0 Å². The number of methoxy groups -OCH3 is 1. The molecule has 1 aliphatic heterocycles. The second-order valence-corrected chi connectivity index (χ2v) is 6.73. The Balaban J connectivity index is 1.63. The zero-order chi connectivity index (χ0) is 17.1. The lowest BCUT2D eigenvalue weighted by Gasteiger charge is -2.22. The van der Waals surface area contributed by atoms with Crippen molar-refractivity contribution >= 4 is 27.5 Å². The van der Waals surface area contributed by atoms with Gasteiger partial charge in [0.25, 0.3) is 5.91 Å². The maximum Gasteiger partial charge on any atom is 0.255 e. The maximum atomic E-state index is 12.7. The predicted octanol–water partition coefficient (Wildman–Crippen LogP) is 3.95. The Morgan fingerprint density at radius 2 is 2.12 bits per heavy atom. The standard InChI is InChI=1S/C19H20BrNO3/c1-13(24-12-14-4-3-5-17(10-14)23-2)19(22)21-9-8-15-11-16(20)6-7-18(15)21/h3-7,10-11,13H,8-9,12H2,1-2H3. The number of nitrogens with zero attached hydrogens (tertiary/aromatic N) is 1. The molecule has 1 unspecified atom stereocenters. The van der Waals surface area contributed by atoms with E-state index in [1.807, 2.05) is 41.3 Å². The van der Waals surface area contributed by atoms with Crippen molar-refractivity contribution in [3.8, 4) is 5.75 Å². The maximum absolute atomic E-state index is 12.7. The molecule has 2 aromatic carbocycles. The van der Waals surface area contributed by atoms with Crippen LogP contribution in [0.25, 0.3) is 0 Å². The topological polar surface area (TPSA) is 38.8 Å². The molecule has 5 heteroatoms. The van der Waals surface area contributed by atoms with Crippen LogP contribution < -0.4 is 9.64 Å². The van der Waals surface area contributed by atoms with E-state index in [4.69, 9.17) is 9.47 Å². The Bertz CT molecular complexity index is 747. The van der Waals surface area contributed by atoms with Gasteiger partial charge in [0.05, 0.1) is 13.7 Å². The molecule has 126 valence electrons. The van der Waals surface area contributed by atoms with Gasteiger partial charge in [-0.05, 0) is 54.8 Å². The van der Waals surface area contributed by atoms with Crippen LogP contribution in [-0.4, -0.2) is 25.7 Å². The molecule has 1 aliphatic rings. The molecule has 0 aliphatic carbocycles. The number of halogens is 1. The lowest BCUT2D eigenvalue weighted by Crippen LogP contribution is -2.38. The van der Waals surface area contributed by atoms with Crippen LogP contribution in [0.2, 0.25) is 0 Å². The van der Waals surface area contributed by atoms with Crippen LogP contribution in [0, 0.1) is 0 Å². The predicted molar refractivity (Wildman–Crippen MR) is 97.4 cm³/mol. The number of anilines is 1. The minimum atomic E-state index is -0.495. The molecule has 0 radical (unpaired) electrons. The van der Waals surface area contributed by atoms with E-state index in [0.29, 0.717) is 13.2 Å². The number of benzene rings is 2. The molecule has 24 heavy (non-hydrogen) atoms. The molecule has 0 bridgehead atoms. The van der Waals surface area contributed by atoms with Gasteiger partial charge in [0.2, 0.25) is 0 Å². The molecule has 2 aromatic rings. The van der Waals surface area contributed by atoms with Crippen molar-refractivity contribution in [3.05, 3.63) is 58.1 Å². The molecule has 0 aromatic heterocycles. The van der Waals surface area contributed by atoms with Gasteiger partial charge in [-0.3, -0.25) is 4.79 Å². The summed E-state index contributed by atoms with van der Waals surface area (Å²) in [5, 5.41) is 0. The third kappa shape index (κ3) is 3.62. The molecule has 3 rings (SSSR count). The minimum absolute atomic E-state index is 0.000955. The quantitative estimate of drug-likeness (QED) is 0.776. The molecule has 1 heterocycles. The summed E-state index contributed by atoms with van der Waals surface area (Å²) in [5.41, 5.74) is 3.16. The van der Waals surface area contributed by atoms with Crippen molar-refractivity contribution in [3.63, 3.8) is 0 Å². The van der Waals surface area contributed by atoms with Crippen LogP contribution in [-0.2, 0) is 22.6 Å². The van der Waals surface area contributed by atoms with Gasteiger partial charge in [0, 0.05) is 16.7 Å². The molecular formula is C19H20BrNO3. The van der Waals surface area contributed by atoms with Crippen LogP contribution in [0.4, 0.5) is 5.69 Å². The first-order valence-electron chi connectivity index (χ1n) is 7.93. The van der Waals surface area contributed by atoms with Crippen molar-refractivity contribution in [1.29, 1.82) is 0 Å². The van der Waals surface area contributed by atoms with Gasteiger partial charge >= 0.3 is 0 Å². The summed E-state index contributed by atoms with van der Waals surface area (Å²) in [6.45, 7) is 2.89. The summed E-state index contributed by atoms with van der Waals surface area (Å²) >= 11 is 3.47. The van der Waals surface area contributed by atoms with Gasteiger partial charge in [-0.25, -0.2) is 0 Å². The summed E-state index contributed by atoms with van der Waals surface area (Å²) < 4.78 is 12.0. The van der Waals surface area contributed by atoms with Crippen LogP contribution in [0.5, 0.6) is 5.75 Å². The molecule has 0 saturated carbocycles. The van der Waals surface area contributed by atoms with Crippen molar-refractivity contribution < 1.29 is 14.3 Å². The summed E-state index contributed by atoms with van der Waals surface area (Å²) in [5.74, 6) is 0.785. The molecule has 0 fully saturated rings. The summed E-state index contributed by atoms with van der Waals surface area (Å²) in [4.78, 5) is 14.5. The Kier molecular flexibility index (Phi) is 5.21. The number of hydrogen-bond acceptors (Lipinski definition) is 3. The van der Waals surface area contributed by atoms with E-state index in [-0.39, 0.29) is 5.91 Å². The zero-order valence-corrected chi connectivity index (χ0v) is 15.4. The number of ether oxygens (including phenoxy) is 2. The van der Waals surface area contributed by atoms with Gasteiger partial charge in [-0.2, -0.15) is 0 Å². The highest BCUT2D eigenvalue weighted by Gasteiger charge is 2.28. The second-order valence-electron chi connectivity index (χ2n) is 5.82. The average molecular weight is 390 g/mol. The third-order valence-corrected chi connectivity index (χ3v) is 4.68. The molecule has 1 amide bonds. The van der Waals surface area contributed by atoms with Gasteiger partial charge in [0.1, 0.15) is 11.9 Å². The molecule has 0 saturated heterocycles. The Labute approximate surface area is 150 Å². The average Bonchev–Trinajstić information content (AvgIpc) is 3.02. The highest BCUT2D eigenvalue weighted by molar-refractivity contribution is 9.10. The highest BCUT2D eigenvalue weighted by Crippen LogP contribution is 2.31. The van der Waals surface area contributed by atoms with E-state index in [2.05, 4.69) is 22.0 Å². The van der Waals surface area contributed by atoms with E-state index in [0.717, 1.165) is 27.9 Å². The van der Waals surface area contributed by atoms with E-state index >= 15 is 0 Å². The third-order valence-electron chi connectivity index (χ3n) is 4.19. The number of carbonyl (C=O) groups is 1. The molecule has 1 atom stereocenters. The monoisotopic (exact) mass is 389 g/mol. The number of amides is 1. The molecule has 0 spiro atoms. The van der Waals surface area contributed by atoms with Crippen LogP contribution in [0.3, 0.4) is 0 Å². The first-order chi connectivity index (χ1) is 11.6. The molecule has 4 nitrogen and oxygen atoms in total. The van der Waals surface area contributed by atoms with E-state index in [9.17, 15) is 4.79 Å². The van der Waals surface area contributed by atoms with Crippen LogP contribution in [0.15, 0.2) is 46.9 Å². The van der Waals surface area contributed by atoms with Crippen molar-refractivity contribution in [2.45, 2.75) is 26.1 Å². The second kappa shape index (κ2) is 7.36. The largest absolute Gasteiger partial charge is 0.497 e. The SMILES string of the molecule is COc1cccc(COC(C)C(=O)N2CCc3cc(Br)ccc32)c1. The smallest absolute Gasteiger partial charge is 0.255 e. The Hall–Kier alpha value is -1.85. The van der Waals surface area contributed by atoms with Crippen molar-refractivity contribution in [1.82, 2.24) is 0 Å². The van der Waals surface area contributed by atoms with Gasteiger partial charge in [0.15, 0.2) is 0 Å². The highest BCUT2D eigenvalue weighted by atomic mass is 79.9. The van der Waals surface area contributed by atoms with Crippen LogP contribution >= 0.6 is 15.9 Å². The van der Waals surface area contributed by atoms with E-state index < -0.39 is 6.10 Å². The Morgan fingerprint density at radius 1 is 1.29 bits per heavy atom. The van der Waals surface area contributed by atoms with E-state index in [1.165, 1.54) is 5.56 Å². The van der Waals surface area contributed by atoms with Gasteiger partial charge < -0.3 is 14.4 Å². The lowest BCUT2D eigenvalue weighted by molar-refractivity contribution is -0.129. The minimum Gasteiger partial charge on any atom is -0.497 e. The summed E-state index contributed by atoms with van der Waals surface area (Å²) in [6, 6.07) is 13.7. The fourth-order valence-electron chi connectivity index (χ4n) is 2.87. The normalized spacial score (nSPS) is 14.4. The first kappa shape index (κ1) is 17.0. The fraction of sp³-hybridized carbons (Fsp3) is 0.316. The van der Waals surface area contributed by atoms with E-state index in [1.54, 1.807) is 14.0 Å². The lowest BCUT2D eigenvalue weighted by atomic mass is 10.2. The molecule has 0 N–H and O–H groups in total. The van der Waals surface area contributed by atoms with Gasteiger partial charge in [-0.15, -0.1) is 0 Å². The fourth-order valence-corrected chi connectivity index (χ4v) is 3.28. The first-order valence-corrected chi connectivity index (χ1v) is 8.72. The summed E-state index contributed by atoms with van der Waals surface area (Å²) in [7, 11) is 1.63. The number of fused-ring (bicyclic) bond motifs is 1. The van der Waals surface area contributed by atoms with Gasteiger partial charge in [-0.1, -0.05) is 28.1 Å². The Morgan fingerprint density at radius 3 is 2.92 bits per heavy atom. The molecular weight excluding hydrogens is 370 g/mol. The zero-order valence-electron chi connectivity index (χ0n) is 13.8. The summed E-state index contributed by atoms with van der Waals surface area (Å²) in [6.07, 6.45) is 0.383. The number of rotatable bonds is 5.